The van der Waals surface area contributed by atoms with Crippen LogP contribution >= 0.6 is 11.3 Å². The van der Waals surface area contributed by atoms with E-state index in [1.807, 2.05) is 29.6 Å². The number of primary amides is 1. The molecule has 24 heavy (non-hydrogen) atoms. The van der Waals surface area contributed by atoms with Gasteiger partial charge in [-0.2, -0.15) is 0 Å². The van der Waals surface area contributed by atoms with Crippen molar-refractivity contribution >= 4 is 17.4 Å². The lowest BCUT2D eigenvalue weighted by Crippen LogP contribution is -2.29. The minimum atomic E-state index is -0.856. The Balaban J connectivity index is 2.03. The van der Waals surface area contributed by atoms with E-state index in [2.05, 4.69) is 4.98 Å². The number of methoxy groups -OCH3 is 1. The van der Waals surface area contributed by atoms with Crippen molar-refractivity contribution in [3.63, 3.8) is 0 Å². The van der Waals surface area contributed by atoms with Gasteiger partial charge in [0.15, 0.2) is 5.60 Å². The first-order valence-corrected chi connectivity index (χ1v) is 8.47. The van der Waals surface area contributed by atoms with Gasteiger partial charge in [-0.15, -0.1) is 11.3 Å². The molecule has 0 saturated heterocycles. The van der Waals surface area contributed by atoms with Crippen LogP contribution in [-0.4, -0.2) is 31.4 Å². The quantitative estimate of drug-likeness (QED) is 0.736. The highest BCUT2D eigenvalue weighted by molar-refractivity contribution is 7.13. The Hall–Kier alpha value is -2.12. The Morgan fingerprint density at radius 1 is 1.25 bits per heavy atom. The number of rotatable bonds is 8. The largest absolute Gasteiger partial charge is 0.494 e. The molecule has 1 aromatic heterocycles. The highest BCUT2D eigenvalue weighted by atomic mass is 32.1. The zero-order valence-corrected chi connectivity index (χ0v) is 14.9. The zero-order valence-electron chi connectivity index (χ0n) is 14.1. The van der Waals surface area contributed by atoms with Crippen LogP contribution in [0.15, 0.2) is 29.6 Å². The van der Waals surface area contributed by atoms with Crippen LogP contribution in [0.4, 0.5) is 4.79 Å². The number of nitrogens with two attached hydrogens (primary N) is 1. The molecule has 0 atom stereocenters. The molecule has 0 aliphatic heterocycles. The van der Waals surface area contributed by atoms with Crippen molar-refractivity contribution in [3.8, 4) is 16.3 Å². The number of carbonyl (C=O) groups excluding carboxylic acids is 1. The molecular weight excluding hydrogens is 328 g/mol. The van der Waals surface area contributed by atoms with E-state index in [9.17, 15) is 4.79 Å². The van der Waals surface area contributed by atoms with Gasteiger partial charge in [-0.3, -0.25) is 0 Å². The molecular formula is C17H22N2O4S. The van der Waals surface area contributed by atoms with E-state index >= 15 is 0 Å². The zero-order chi connectivity index (χ0) is 17.6. The van der Waals surface area contributed by atoms with Gasteiger partial charge in [0, 0.05) is 31.1 Å². The summed E-state index contributed by atoms with van der Waals surface area (Å²) in [7, 11) is 1.67. The van der Waals surface area contributed by atoms with Gasteiger partial charge in [0.2, 0.25) is 0 Å². The van der Waals surface area contributed by atoms with Crippen LogP contribution in [0.2, 0.25) is 0 Å². The Kier molecular flexibility index (Phi) is 6.16. The maximum atomic E-state index is 11.0. The molecule has 0 bridgehead atoms. The SMILES string of the molecule is COCCCOc1ccc(-c2nc(C(C)(C)OC(N)=O)cs2)cc1. The van der Waals surface area contributed by atoms with Crippen LogP contribution in [0.25, 0.3) is 10.6 Å². The monoisotopic (exact) mass is 350 g/mol. The molecule has 6 nitrogen and oxygen atoms in total. The topological polar surface area (TPSA) is 83.7 Å². The van der Waals surface area contributed by atoms with E-state index in [1.54, 1.807) is 21.0 Å². The van der Waals surface area contributed by atoms with Crippen molar-refractivity contribution in [2.45, 2.75) is 25.9 Å². The number of carbonyl (C=O) groups is 1. The Morgan fingerprint density at radius 2 is 1.96 bits per heavy atom. The third kappa shape index (κ3) is 4.94. The van der Waals surface area contributed by atoms with Crippen molar-refractivity contribution in [1.82, 2.24) is 4.98 Å². The van der Waals surface area contributed by atoms with Crippen molar-refractivity contribution in [2.75, 3.05) is 20.3 Å². The summed E-state index contributed by atoms with van der Waals surface area (Å²) in [4.78, 5) is 15.5. The van der Waals surface area contributed by atoms with Crippen molar-refractivity contribution in [1.29, 1.82) is 0 Å². The third-order valence-corrected chi connectivity index (χ3v) is 4.23. The summed E-state index contributed by atoms with van der Waals surface area (Å²) in [6.45, 7) is 4.82. The van der Waals surface area contributed by atoms with E-state index < -0.39 is 11.7 Å². The Bertz CT molecular complexity index is 667. The number of hydrogen-bond acceptors (Lipinski definition) is 6. The summed E-state index contributed by atoms with van der Waals surface area (Å²) >= 11 is 1.49. The van der Waals surface area contributed by atoms with Crippen molar-refractivity contribution < 1.29 is 19.0 Å². The smallest absolute Gasteiger partial charge is 0.405 e. The first-order chi connectivity index (χ1) is 11.4. The predicted molar refractivity (Wildman–Crippen MR) is 93.2 cm³/mol. The number of ether oxygens (including phenoxy) is 3. The fourth-order valence-corrected chi connectivity index (χ4v) is 3.06. The molecule has 0 radical (unpaired) electrons. The number of aromatic nitrogens is 1. The summed E-state index contributed by atoms with van der Waals surface area (Å²) in [5, 5.41) is 2.71. The van der Waals surface area contributed by atoms with E-state index in [4.69, 9.17) is 19.9 Å². The number of nitrogens with zero attached hydrogens (tertiary/aromatic N) is 1. The number of hydrogen-bond donors (Lipinski definition) is 1. The predicted octanol–water partition coefficient (Wildman–Crippen LogP) is 3.56. The molecule has 2 rings (SSSR count). The van der Waals surface area contributed by atoms with Crippen LogP contribution in [0.5, 0.6) is 5.75 Å². The van der Waals surface area contributed by atoms with Crippen molar-refractivity contribution in [3.05, 3.63) is 35.3 Å². The first kappa shape index (κ1) is 18.2. The van der Waals surface area contributed by atoms with Gasteiger partial charge >= 0.3 is 6.09 Å². The lowest BCUT2D eigenvalue weighted by molar-refractivity contribution is 0.0405. The number of thiazole rings is 1. The average Bonchev–Trinajstić information content (AvgIpc) is 3.02. The molecule has 0 spiro atoms. The first-order valence-electron chi connectivity index (χ1n) is 7.59. The molecule has 1 aromatic carbocycles. The second kappa shape index (κ2) is 8.12. The second-order valence-electron chi connectivity index (χ2n) is 5.69. The third-order valence-electron chi connectivity index (χ3n) is 3.34. The fourth-order valence-electron chi connectivity index (χ4n) is 2.07. The summed E-state index contributed by atoms with van der Waals surface area (Å²) in [6.07, 6.45) is 0.0350. The molecule has 7 heteroatoms. The lowest BCUT2D eigenvalue weighted by atomic mass is 10.1. The summed E-state index contributed by atoms with van der Waals surface area (Å²) in [6, 6.07) is 7.73. The molecule has 1 heterocycles. The van der Waals surface area contributed by atoms with Gasteiger partial charge in [0.1, 0.15) is 10.8 Å². The highest BCUT2D eigenvalue weighted by Gasteiger charge is 2.27. The number of benzene rings is 1. The Labute approximate surface area is 145 Å². The fraction of sp³-hybridized carbons (Fsp3) is 0.412. The molecule has 2 N–H and O–H groups in total. The van der Waals surface area contributed by atoms with Gasteiger partial charge in [0.05, 0.1) is 12.3 Å². The van der Waals surface area contributed by atoms with Crippen LogP contribution in [-0.2, 0) is 15.1 Å². The number of amides is 1. The minimum Gasteiger partial charge on any atom is -0.494 e. The standard InChI is InChI=1S/C17H22N2O4S/c1-17(2,23-16(18)20)14-11-24-15(19-14)12-5-7-13(8-6-12)22-10-4-9-21-3/h5-8,11H,4,9-10H2,1-3H3,(H2,18,20). The van der Waals surface area contributed by atoms with E-state index in [-0.39, 0.29) is 0 Å². The molecule has 0 unspecified atom stereocenters. The second-order valence-corrected chi connectivity index (χ2v) is 6.55. The highest BCUT2D eigenvalue weighted by Crippen LogP contribution is 2.31. The maximum absolute atomic E-state index is 11.0. The molecule has 2 aromatic rings. The molecule has 0 saturated carbocycles. The van der Waals surface area contributed by atoms with Crippen molar-refractivity contribution in [2.24, 2.45) is 5.73 Å². The van der Waals surface area contributed by atoms with Gasteiger partial charge in [-0.05, 0) is 38.1 Å². The summed E-state index contributed by atoms with van der Waals surface area (Å²) in [5.41, 5.74) is 5.89. The molecule has 0 aliphatic rings. The average molecular weight is 350 g/mol. The normalized spacial score (nSPS) is 11.3. The van der Waals surface area contributed by atoms with E-state index in [1.165, 1.54) is 11.3 Å². The summed E-state index contributed by atoms with van der Waals surface area (Å²) in [5.74, 6) is 0.809. The van der Waals surface area contributed by atoms with Gasteiger partial charge < -0.3 is 19.9 Å². The molecule has 130 valence electrons. The maximum Gasteiger partial charge on any atom is 0.405 e. The van der Waals surface area contributed by atoms with Crippen LogP contribution in [0.3, 0.4) is 0 Å². The van der Waals surface area contributed by atoms with Crippen LogP contribution < -0.4 is 10.5 Å². The minimum absolute atomic E-state index is 0.618. The van der Waals surface area contributed by atoms with E-state index in [0.29, 0.717) is 18.9 Å². The van der Waals surface area contributed by atoms with Gasteiger partial charge in [0.25, 0.3) is 0 Å². The molecule has 0 aliphatic carbocycles. The summed E-state index contributed by atoms with van der Waals surface area (Å²) < 4.78 is 15.7. The van der Waals surface area contributed by atoms with Gasteiger partial charge in [-0.25, -0.2) is 9.78 Å². The van der Waals surface area contributed by atoms with Gasteiger partial charge in [-0.1, -0.05) is 0 Å². The molecule has 1 amide bonds. The molecule has 0 fully saturated rings. The Morgan fingerprint density at radius 3 is 2.58 bits per heavy atom. The van der Waals surface area contributed by atoms with E-state index in [0.717, 1.165) is 22.7 Å². The van der Waals surface area contributed by atoms with Crippen LogP contribution in [0.1, 0.15) is 26.0 Å². The van der Waals surface area contributed by atoms with Crippen LogP contribution in [0, 0.1) is 0 Å². The lowest BCUT2D eigenvalue weighted by Gasteiger charge is -2.21.